The van der Waals surface area contributed by atoms with Crippen LogP contribution in [0.3, 0.4) is 0 Å². The van der Waals surface area contributed by atoms with Crippen LogP contribution < -0.4 is 0 Å². The van der Waals surface area contributed by atoms with Crippen molar-refractivity contribution in [2.75, 3.05) is 0 Å². The Morgan fingerprint density at radius 1 is 1.73 bits per heavy atom. The first-order chi connectivity index (χ1) is 5.05. The smallest absolute Gasteiger partial charge is 0.139 e. The maximum Gasteiger partial charge on any atom is 0.139 e. The summed E-state index contributed by atoms with van der Waals surface area (Å²) in [6.45, 7) is 4.19. The van der Waals surface area contributed by atoms with Gasteiger partial charge in [-0.1, -0.05) is 22.6 Å². The SMILES string of the molecule is C#Cc1n[nH]cc1C(C)(C)I. The van der Waals surface area contributed by atoms with Gasteiger partial charge in [-0.3, -0.25) is 5.10 Å². The summed E-state index contributed by atoms with van der Waals surface area (Å²) >= 11 is 2.33. The summed E-state index contributed by atoms with van der Waals surface area (Å²) in [4.78, 5) is 0. The van der Waals surface area contributed by atoms with Crippen LogP contribution in [0.2, 0.25) is 0 Å². The molecule has 0 bridgehead atoms. The van der Waals surface area contributed by atoms with E-state index in [2.05, 4.69) is 52.6 Å². The van der Waals surface area contributed by atoms with Crippen LogP contribution in [0, 0.1) is 12.3 Å². The molecule has 0 saturated carbocycles. The van der Waals surface area contributed by atoms with E-state index < -0.39 is 0 Å². The first kappa shape index (κ1) is 8.60. The van der Waals surface area contributed by atoms with Gasteiger partial charge in [0.2, 0.25) is 0 Å². The Kier molecular flexibility index (Phi) is 2.23. The molecule has 1 aromatic heterocycles. The van der Waals surface area contributed by atoms with E-state index in [-0.39, 0.29) is 3.42 Å². The molecular formula is C8H9IN2. The molecule has 0 amide bonds. The molecular weight excluding hydrogens is 251 g/mol. The Hall–Kier alpha value is -0.500. The minimum Gasteiger partial charge on any atom is -0.284 e. The molecule has 0 saturated heterocycles. The summed E-state index contributed by atoms with van der Waals surface area (Å²) in [5.41, 5.74) is 1.80. The van der Waals surface area contributed by atoms with Gasteiger partial charge in [-0.15, -0.1) is 6.42 Å². The number of alkyl halides is 1. The number of hydrogen-bond acceptors (Lipinski definition) is 1. The molecule has 0 fully saturated rings. The summed E-state index contributed by atoms with van der Waals surface area (Å²) in [5, 5.41) is 6.69. The van der Waals surface area contributed by atoms with E-state index in [9.17, 15) is 0 Å². The van der Waals surface area contributed by atoms with Crippen molar-refractivity contribution in [3.8, 4) is 12.3 Å². The molecule has 0 aliphatic heterocycles. The number of terminal acetylenes is 1. The van der Waals surface area contributed by atoms with Crippen molar-refractivity contribution in [2.45, 2.75) is 17.3 Å². The normalized spacial score (nSPS) is 11.1. The van der Waals surface area contributed by atoms with Gasteiger partial charge in [-0.2, -0.15) is 5.10 Å². The highest BCUT2D eigenvalue weighted by Crippen LogP contribution is 2.31. The fourth-order valence-electron chi connectivity index (χ4n) is 0.853. The number of rotatable bonds is 1. The maximum atomic E-state index is 5.26. The van der Waals surface area contributed by atoms with Gasteiger partial charge >= 0.3 is 0 Å². The van der Waals surface area contributed by atoms with Gasteiger partial charge in [0.05, 0.1) is 0 Å². The minimum atomic E-state index is 0.0481. The second kappa shape index (κ2) is 2.86. The largest absolute Gasteiger partial charge is 0.284 e. The van der Waals surface area contributed by atoms with E-state index in [0.29, 0.717) is 5.69 Å². The van der Waals surface area contributed by atoms with Crippen LogP contribution in [-0.2, 0) is 3.42 Å². The van der Waals surface area contributed by atoms with Crippen LogP contribution in [0.5, 0.6) is 0 Å². The van der Waals surface area contributed by atoms with Gasteiger partial charge in [0.25, 0.3) is 0 Å². The number of aromatic amines is 1. The Labute approximate surface area is 79.9 Å². The molecule has 1 N–H and O–H groups in total. The van der Waals surface area contributed by atoms with Crippen molar-refractivity contribution in [1.29, 1.82) is 0 Å². The first-order valence-electron chi connectivity index (χ1n) is 3.25. The Morgan fingerprint density at radius 3 is 2.73 bits per heavy atom. The van der Waals surface area contributed by atoms with Crippen molar-refractivity contribution in [2.24, 2.45) is 0 Å². The number of aromatic nitrogens is 2. The first-order valence-corrected chi connectivity index (χ1v) is 4.33. The summed E-state index contributed by atoms with van der Waals surface area (Å²) in [6.07, 6.45) is 7.10. The van der Waals surface area contributed by atoms with Crippen LogP contribution in [0.4, 0.5) is 0 Å². The van der Waals surface area contributed by atoms with Crippen molar-refractivity contribution in [1.82, 2.24) is 10.2 Å². The molecule has 0 radical (unpaired) electrons. The van der Waals surface area contributed by atoms with E-state index >= 15 is 0 Å². The number of halogens is 1. The third-order valence-electron chi connectivity index (χ3n) is 1.42. The number of H-pyrrole nitrogens is 1. The minimum absolute atomic E-state index is 0.0481. The predicted octanol–water partition coefficient (Wildman–Crippen LogP) is 2.06. The molecule has 0 unspecified atom stereocenters. The summed E-state index contributed by atoms with van der Waals surface area (Å²) in [5.74, 6) is 2.53. The average Bonchev–Trinajstić information content (AvgIpc) is 2.31. The molecule has 2 nitrogen and oxygen atoms in total. The molecule has 1 rings (SSSR count). The third-order valence-corrected chi connectivity index (χ3v) is 2.00. The van der Waals surface area contributed by atoms with Crippen LogP contribution >= 0.6 is 22.6 Å². The molecule has 0 aliphatic carbocycles. The Morgan fingerprint density at radius 2 is 2.36 bits per heavy atom. The highest BCUT2D eigenvalue weighted by atomic mass is 127. The van der Waals surface area contributed by atoms with E-state index in [0.717, 1.165) is 5.56 Å². The third kappa shape index (κ3) is 1.74. The number of hydrogen-bond donors (Lipinski definition) is 1. The van der Waals surface area contributed by atoms with E-state index in [4.69, 9.17) is 6.42 Å². The lowest BCUT2D eigenvalue weighted by atomic mass is 10.0. The molecule has 58 valence electrons. The summed E-state index contributed by atoms with van der Waals surface area (Å²) in [6, 6.07) is 0. The van der Waals surface area contributed by atoms with Crippen LogP contribution in [0.25, 0.3) is 0 Å². The van der Waals surface area contributed by atoms with E-state index in [1.807, 2.05) is 6.20 Å². The Balaban J connectivity index is 3.15. The molecule has 3 heteroatoms. The zero-order chi connectivity index (χ0) is 8.48. The quantitative estimate of drug-likeness (QED) is 0.467. The topological polar surface area (TPSA) is 28.7 Å². The number of nitrogens with one attached hydrogen (secondary N) is 1. The molecule has 0 spiro atoms. The fraction of sp³-hybridized carbons (Fsp3) is 0.375. The lowest BCUT2D eigenvalue weighted by Crippen LogP contribution is -2.06. The fourth-order valence-corrected chi connectivity index (χ4v) is 1.26. The van der Waals surface area contributed by atoms with Gasteiger partial charge in [0, 0.05) is 15.2 Å². The Bertz CT molecular complexity index is 288. The zero-order valence-electron chi connectivity index (χ0n) is 6.48. The predicted molar refractivity (Wildman–Crippen MR) is 53.6 cm³/mol. The van der Waals surface area contributed by atoms with Crippen molar-refractivity contribution >= 4 is 22.6 Å². The van der Waals surface area contributed by atoms with Gasteiger partial charge in [0.15, 0.2) is 0 Å². The summed E-state index contributed by atoms with van der Waals surface area (Å²) in [7, 11) is 0. The second-order valence-electron chi connectivity index (χ2n) is 2.76. The van der Waals surface area contributed by atoms with Gasteiger partial charge in [0.1, 0.15) is 5.69 Å². The molecule has 11 heavy (non-hydrogen) atoms. The molecule has 1 heterocycles. The van der Waals surface area contributed by atoms with Gasteiger partial charge < -0.3 is 0 Å². The average molecular weight is 260 g/mol. The maximum absolute atomic E-state index is 5.26. The van der Waals surface area contributed by atoms with Crippen molar-refractivity contribution in [3.05, 3.63) is 17.5 Å². The monoisotopic (exact) mass is 260 g/mol. The van der Waals surface area contributed by atoms with Crippen LogP contribution in [0.15, 0.2) is 6.20 Å². The van der Waals surface area contributed by atoms with E-state index in [1.54, 1.807) is 0 Å². The summed E-state index contributed by atoms with van der Waals surface area (Å²) < 4.78 is 0.0481. The highest BCUT2D eigenvalue weighted by Gasteiger charge is 2.20. The van der Waals surface area contributed by atoms with Crippen molar-refractivity contribution in [3.63, 3.8) is 0 Å². The lowest BCUT2D eigenvalue weighted by Gasteiger charge is -2.13. The number of nitrogens with zero attached hydrogens (tertiary/aromatic N) is 1. The van der Waals surface area contributed by atoms with E-state index in [1.165, 1.54) is 0 Å². The zero-order valence-corrected chi connectivity index (χ0v) is 8.64. The van der Waals surface area contributed by atoms with Crippen LogP contribution in [-0.4, -0.2) is 10.2 Å². The second-order valence-corrected chi connectivity index (χ2v) is 5.46. The van der Waals surface area contributed by atoms with Crippen LogP contribution in [0.1, 0.15) is 25.1 Å². The standard InChI is InChI=1S/C8H9IN2/c1-4-7-6(5-10-11-7)8(2,3)9/h1,5H,2-3H3,(H,10,11). The lowest BCUT2D eigenvalue weighted by molar-refractivity contribution is 0.825. The molecule has 0 atom stereocenters. The van der Waals surface area contributed by atoms with Crippen molar-refractivity contribution < 1.29 is 0 Å². The highest BCUT2D eigenvalue weighted by molar-refractivity contribution is 14.1. The molecule has 0 aromatic carbocycles. The van der Waals surface area contributed by atoms with Gasteiger partial charge in [-0.25, -0.2) is 0 Å². The molecule has 1 aromatic rings. The van der Waals surface area contributed by atoms with Gasteiger partial charge in [-0.05, 0) is 19.8 Å². The molecule has 0 aliphatic rings.